The highest BCUT2D eigenvalue weighted by atomic mass is 16.5. The first-order chi connectivity index (χ1) is 15.6. The number of benzene rings is 2. The molecule has 2 aromatic carbocycles. The zero-order valence-electron chi connectivity index (χ0n) is 18.2. The van der Waals surface area contributed by atoms with E-state index >= 15 is 0 Å². The Labute approximate surface area is 186 Å². The molecule has 166 valence electrons. The Balaban J connectivity index is 1.40. The van der Waals surface area contributed by atoms with Gasteiger partial charge in [-0.1, -0.05) is 12.1 Å². The van der Waals surface area contributed by atoms with Crippen LogP contribution in [0.15, 0.2) is 54.6 Å². The molecule has 0 bridgehead atoms. The van der Waals surface area contributed by atoms with E-state index in [1.165, 1.54) is 7.11 Å². The molecule has 0 saturated carbocycles. The Bertz CT molecular complexity index is 1110. The summed E-state index contributed by atoms with van der Waals surface area (Å²) >= 11 is 0. The molecule has 1 saturated heterocycles. The van der Waals surface area contributed by atoms with Crippen LogP contribution in [0, 0.1) is 0 Å². The largest absolute Gasteiger partial charge is 0.496 e. The number of carbonyl (C=O) groups is 2. The molecule has 1 aromatic heterocycles. The van der Waals surface area contributed by atoms with Crippen LogP contribution in [0.1, 0.15) is 10.5 Å². The second-order valence-electron chi connectivity index (χ2n) is 7.53. The maximum Gasteiger partial charge on any atom is 0.272 e. The van der Waals surface area contributed by atoms with E-state index in [2.05, 4.69) is 15.2 Å². The lowest BCUT2D eigenvalue weighted by Crippen LogP contribution is -2.49. The van der Waals surface area contributed by atoms with E-state index in [1.54, 1.807) is 13.2 Å². The Hall–Kier alpha value is -3.65. The highest BCUT2D eigenvalue weighted by molar-refractivity contribution is 5.97. The SMILES string of the molecule is COCC(=O)Nc1ccc(N2CCN(C(=O)c3cc(OC)c4ccccc4n3)CC2)cc1. The fraction of sp³-hybridized carbons (Fsp3) is 0.292. The van der Waals surface area contributed by atoms with Crippen LogP contribution in [-0.4, -0.2) is 68.7 Å². The molecule has 3 aromatic rings. The number of rotatable bonds is 6. The normalized spacial score (nSPS) is 13.8. The highest BCUT2D eigenvalue weighted by Gasteiger charge is 2.24. The first kappa shape index (κ1) is 21.6. The van der Waals surface area contributed by atoms with Gasteiger partial charge in [0, 0.05) is 56.1 Å². The van der Waals surface area contributed by atoms with E-state index in [-0.39, 0.29) is 18.4 Å². The third-order valence-electron chi connectivity index (χ3n) is 5.48. The van der Waals surface area contributed by atoms with Crippen LogP contribution >= 0.6 is 0 Å². The summed E-state index contributed by atoms with van der Waals surface area (Å²) in [6.07, 6.45) is 0. The van der Waals surface area contributed by atoms with Crippen LogP contribution in [0.25, 0.3) is 10.9 Å². The first-order valence-corrected chi connectivity index (χ1v) is 10.5. The van der Waals surface area contributed by atoms with Crippen molar-refractivity contribution >= 4 is 34.1 Å². The summed E-state index contributed by atoms with van der Waals surface area (Å²) in [5.41, 5.74) is 2.91. The number of hydrogen-bond acceptors (Lipinski definition) is 6. The number of carbonyl (C=O) groups excluding carboxylic acids is 2. The molecule has 4 rings (SSSR count). The maximum absolute atomic E-state index is 13.1. The van der Waals surface area contributed by atoms with Crippen molar-refractivity contribution < 1.29 is 19.1 Å². The lowest BCUT2D eigenvalue weighted by atomic mass is 10.1. The van der Waals surface area contributed by atoms with Gasteiger partial charge in [-0.15, -0.1) is 0 Å². The van der Waals surface area contributed by atoms with Crippen molar-refractivity contribution in [2.75, 3.05) is 57.2 Å². The summed E-state index contributed by atoms with van der Waals surface area (Å²) in [6.45, 7) is 2.65. The minimum atomic E-state index is -0.189. The topological polar surface area (TPSA) is 84.0 Å². The molecule has 8 nitrogen and oxygen atoms in total. The molecular weight excluding hydrogens is 408 g/mol. The van der Waals surface area contributed by atoms with Crippen molar-refractivity contribution in [2.24, 2.45) is 0 Å². The van der Waals surface area contributed by atoms with Gasteiger partial charge < -0.3 is 24.6 Å². The summed E-state index contributed by atoms with van der Waals surface area (Å²) < 4.78 is 10.3. The number of aromatic nitrogens is 1. The summed E-state index contributed by atoms with van der Waals surface area (Å²) in [5, 5.41) is 3.67. The van der Waals surface area contributed by atoms with E-state index in [0.29, 0.717) is 37.6 Å². The highest BCUT2D eigenvalue weighted by Crippen LogP contribution is 2.26. The number of pyridine rings is 1. The van der Waals surface area contributed by atoms with E-state index in [4.69, 9.17) is 9.47 Å². The van der Waals surface area contributed by atoms with Gasteiger partial charge in [-0.05, 0) is 36.4 Å². The predicted molar refractivity (Wildman–Crippen MR) is 123 cm³/mol. The molecule has 8 heteroatoms. The van der Waals surface area contributed by atoms with Crippen molar-refractivity contribution in [1.82, 2.24) is 9.88 Å². The zero-order chi connectivity index (χ0) is 22.5. The number of para-hydroxylation sites is 1. The number of methoxy groups -OCH3 is 2. The zero-order valence-corrected chi connectivity index (χ0v) is 18.2. The maximum atomic E-state index is 13.1. The van der Waals surface area contributed by atoms with E-state index in [9.17, 15) is 9.59 Å². The Morgan fingerprint density at radius 2 is 1.72 bits per heavy atom. The van der Waals surface area contributed by atoms with Gasteiger partial charge in [0.15, 0.2) is 0 Å². The quantitative estimate of drug-likeness (QED) is 0.642. The van der Waals surface area contributed by atoms with Gasteiger partial charge in [0.1, 0.15) is 18.1 Å². The molecule has 1 aliphatic heterocycles. The minimum absolute atomic E-state index is 0.0235. The van der Waals surface area contributed by atoms with Crippen molar-refractivity contribution in [1.29, 1.82) is 0 Å². The van der Waals surface area contributed by atoms with E-state index < -0.39 is 0 Å². The average Bonchev–Trinajstić information content (AvgIpc) is 2.83. The summed E-state index contributed by atoms with van der Waals surface area (Å²) in [7, 11) is 3.09. The molecule has 1 aliphatic rings. The van der Waals surface area contributed by atoms with Gasteiger partial charge in [0.2, 0.25) is 5.91 Å². The summed E-state index contributed by atoms with van der Waals surface area (Å²) in [6, 6.07) is 17.0. The Morgan fingerprint density at radius 1 is 1.00 bits per heavy atom. The molecule has 2 amide bonds. The number of ether oxygens (including phenoxy) is 2. The van der Waals surface area contributed by atoms with Gasteiger partial charge in [0.25, 0.3) is 5.91 Å². The van der Waals surface area contributed by atoms with Crippen molar-refractivity contribution in [3.63, 3.8) is 0 Å². The van der Waals surface area contributed by atoms with Crippen LogP contribution in [0.4, 0.5) is 11.4 Å². The number of hydrogen-bond donors (Lipinski definition) is 1. The van der Waals surface area contributed by atoms with Crippen LogP contribution in [0.5, 0.6) is 5.75 Å². The lowest BCUT2D eigenvalue weighted by molar-refractivity contribution is -0.119. The second kappa shape index (κ2) is 9.65. The van der Waals surface area contributed by atoms with Gasteiger partial charge in [-0.25, -0.2) is 4.98 Å². The molecule has 0 aliphatic carbocycles. The fourth-order valence-electron chi connectivity index (χ4n) is 3.84. The molecule has 0 unspecified atom stereocenters. The number of amides is 2. The van der Waals surface area contributed by atoms with E-state index in [1.807, 2.05) is 53.4 Å². The van der Waals surface area contributed by atoms with Crippen LogP contribution in [0.3, 0.4) is 0 Å². The molecule has 0 spiro atoms. The van der Waals surface area contributed by atoms with Crippen molar-refractivity contribution in [3.05, 3.63) is 60.3 Å². The third kappa shape index (κ3) is 4.65. The van der Waals surface area contributed by atoms with Crippen LogP contribution < -0.4 is 15.0 Å². The Kier molecular flexibility index (Phi) is 6.51. The first-order valence-electron chi connectivity index (χ1n) is 10.5. The monoisotopic (exact) mass is 434 g/mol. The molecule has 0 radical (unpaired) electrons. The molecule has 1 fully saturated rings. The molecule has 0 atom stereocenters. The molecule has 1 N–H and O–H groups in total. The lowest BCUT2D eigenvalue weighted by Gasteiger charge is -2.36. The number of nitrogens with one attached hydrogen (secondary N) is 1. The van der Waals surface area contributed by atoms with Crippen LogP contribution in [-0.2, 0) is 9.53 Å². The summed E-state index contributed by atoms with van der Waals surface area (Å²) in [5.74, 6) is 0.367. The minimum Gasteiger partial charge on any atom is -0.496 e. The number of piperazine rings is 1. The Morgan fingerprint density at radius 3 is 2.41 bits per heavy atom. The third-order valence-corrected chi connectivity index (χ3v) is 5.48. The van der Waals surface area contributed by atoms with Gasteiger partial charge >= 0.3 is 0 Å². The molecule has 32 heavy (non-hydrogen) atoms. The van der Waals surface area contributed by atoms with E-state index in [0.717, 1.165) is 22.3 Å². The smallest absolute Gasteiger partial charge is 0.272 e. The van der Waals surface area contributed by atoms with Gasteiger partial charge in [-0.2, -0.15) is 0 Å². The standard InChI is InChI=1S/C24H26N4O4/c1-31-16-23(29)25-17-7-9-18(10-8-17)27-11-13-28(14-12-27)24(30)21-15-22(32-2)19-5-3-4-6-20(19)26-21/h3-10,15H,11-14,16H2,1-2H3,(H,25,29). The molecule has 2 heterocycles. The van der Waals surface area contributed by atoms with Crippen molar-refractivity contribution in [2.45, 2.75) is 0 Å². The van der Waals surface area contributed by atoms with Gasteiger partial charge in [0.05, 0.1) is 12.6 Å². The summed E-state index contributed by atoms with van der Waals surface area (Å²) in [4.78, 5) is 33.3. The van der Waals surface area contributed by atoms with Crippen molar-refractivity contribution in [3.8, 4) is 5.75 Å². The number of fused-ring (bicyclic) bond motifs is 1. The average molecular weight is 434 g/mol. The number of anilines is 2. The number of nitrogens with zero attached hydrogens (tertiary/aromatic N) is 3. The fourth-order valence-corrected chi connectivity index (χ4v) is 3.84. The van der Waals surface area contributed by atoms with Gasteiger partial charge in [-0.3, -0.25) is 9.59 Å². The molecular formula is C24H26N4O4. The second-order valence-corrected chi connectivity index (χ2v) is 7.53. The van der Waals surface area contributed by atoms with Crippen LogP contribution in [0.2, 0.25) is 0 Å². The predicted octanol–water partition coefficient (Wildman–Crippen LogP) is 2.79.